The lowest BCUT2D eigenvalue weighted by Crippen LogP contribution is -2.30. The summed E-state index contributed by atoms with van der Waals surface area (Å²) in [7, 11) is -4.36. The van der Waals surface area contributed by atoms with E-state index in [9.17, 15) is 13.0 Å². The van der Waals surface area contributed by atoms with Gasteiger partial charge in [0, 0.05) is 0 Å². The number of phenols is 1. The summed E-state index contributed by atoms with van der Waals surface area (Å²) < 4.78 is 36.6. The minimum atomic E-state index is -4.45. The first kappa shape index (κ1) is 25.4. The summed E-state index contributed by atoms with van der Waals surface area (Å²) in [6.45, 7) is 4.00. The van der Waals surface area contributed by atoms with Crippen molar-refractivity contribution in [2.45, 2.75) is 11.8 Å². The smallest absolute Gasteiger partial charge is 0.124 e. The zero-order valence-corrected chi connectivity index (χ0v) is 21.0. The molecule has 176 valence electrons. The van der Waals surface area contributed by atoms with Crippen molar-refractivity contribution in [2.24, 2.45) is 0 Å². The van der Waals surface area contributed by atoms with Crippen LogP contribution in [0.5, 0.6) is 11.5 Å². The summed E-state index contributed by atoms with van der Waals surface area (Å²) in [5.41, 5.74) is 0.530. The highest BCUT2D eigenvalue weighted by molar-refractivity contribution is 7.95. The lowest BCUT2D eigenvalue weighted by molar-refractivity contribution is 0.415. The zero-order chi connectivity index (χ0) is 24.8. The highest BCUT2D eigenvalue weighted by Gasteiger charge is 2.39. The topological polar surface area (TPSA) is 86.7 Å². The lowest BCUT2D eigenvalue weighted by atomic mass is 10.2. The van der Waals surface area contributed by atoms with Crippen LogP contribution in [0.15, 0.2) is 108 Å². The molecule has 0 radical (unpaired) electrons. The largest absolute Gasteiger partial charge is 0.744 e. The molecule has 0 aliphatic carbocycles. The molecule has 0 fully saturated rings. The van der Waals surface area contributed by atoms with Crippen LogP contribution in [0.2, 0.25) is 0 Å². The molecule has 0 unspecified atom stereocenters. The predicted octanol–water partition coefficient (Wildman–Crippen LogP) is 4.22. The van der Waals surface area contributed by atoms with E-state index in [1.807, 2.05) is 0 Å². The average molecular weight is 495 g/mol. The van der Waals surface area contributed by atoms with Gasteiger partial charge in [0.1, 0.15) is 44.8 Å². The first-order chi connectivity index (χ1) is 16.2. The minimum absolute atomic E-state index is 0.188. The second-order valence-electron chi connectivity index (χ2n) is 7.78. The molecule has 34 heavy (non-hydrogen) atoms. The third-order valence-corrected chi connectivity index (χ3v) is 10.4. The fraction of sp³-hybridized carbons (Fsp3) is 0.111. The molecular formula is C27H27O5PS. The number of aryl methyl sites for hydroxylation is 1. The summed E-state index contributed by atoms with van der Waals surface area (Å²) in [4.78, 5) is -0.411. The van der Waals surface area contributed by atoms with Crippen LogP contribution in [-0.4, -0.2) is 31.9 Å². The number of aromatic hydroxyl groups is 1. The molecule has 4 aromatic rings. The molecule has 0 heterocycles. The Morgan fingerprint density at radius 3 is 1.65 bits per heavy atom. The fourth-order valence-corrected chi connectivity index (χ4v) is 7.19. The van der Waals surface area contributed by atoms with E-state index in [0.717, 1.165) is 17.9 Å². The third-order valence-electron chi connectivity index (χ3n) is 5.60. The Balaban J connectivity index is 0.000000229. The van der Waals surface area contributed by atoms with Crippen molar-refractivity contribution < 1.29 is 22.8 Å². The first-order valence-corrected chi connectivity index (χ1v) is 14.2. The number of hydrogen-bond acceptors (Lipinski definition) is 5. The average Bonchev–Trinajstić information content (AvgIpc) is 2.86. The van der Waals surface area contributed by atoms with Gasteiger partial charge in [-0.25, -0.2) is 8.42 Å². The van der Waals surface area contributed by atoms with Gasteiger partial charge in [-0.1, -0.05) is 42.5 Å². The second kappa shape index (κ2) is 10.8. The van der Waals surface area contributed by atoms with Crippen molar-refractivity contribution in [2.75, 3.05) is 13.8 Å². The molecule has 0 saturated heterocycles. The Kier molecular flexibility index (Phi) is 8.11. The van der Waals surface area contributed by atoms with Crippen molar-refractivity contribution in [3.05, 3.63) is 109 Å². The van der Waals surface area contributed by atoms with Crippen LogP contribution in [0.3, 0.4) is 0 Å². The Labute approximate surface area is 201 Å². The van der Waals surface area contributed by atoms with E-state index >= 15 is 0 Å². The van der Waals surface area contributed by atoms with E-state index in [4.69, 9.17) is 9.84 Å². The van der Waals surface area contributed by atoms with E-state index < -0.39 is 22.3 Å². The van der Waals surface area contributed by atoms with Crippen molar-refractivity contribution in [3.8, 4) is 11.5 Å². The van der Waals surface area contributed by atoms with Crippen LogP contribution in [0, 0.1) is 6.92 Å². The lowest BCUT2D eigenvalue weighted by Gasteiger charge is -2.23. The van der Waals surface area contributed by atoms with Crippen molar-refractivity contribution >= 4 is 33.3 Å². The molecule has 7 heteroatoms. The highest BCUT2D eigenvalue weighted by atomic mass is 32.2. The normalized spacial score (nSPS) is 11.3. The van der Waals surface area contributed by atoms with E-state index in [1.54, 1.807) is 14.0 Å². The fourth-order valence-electron chi connectivity index (χ4n) is 3.52. The Hall–Kier alpha value is -3.18. The van der Waals surface area contributed by atoms with Gasteiger partial charge in [0.25, 0.3) is 0 Å². The summed E-state index contributed by atoms with van der Waals surface area (Å²) in [6, 6.07) is 33.6. The van der Waals surface area contributed by atoms with Gasteiger partial charge in [-0.05, 0) is 73.2 Å². The molecule has 5 nitrogen and oxygen atoms in total. The van der Waals surface area contributed by atoms with Crippen molar-refractivity contribution in [1.29, 1.82) is 0 Å². The van der Waals surface area contributed by atoms with Gasteiger partial charge >= 0.3 is 0 Å². The first-order valence-electron chi connectivity index (χ1n) is 10.5. The highest BCUT2D eigenvalue weighted by Crippen LogP contribution is 2.51. The number of ether oxygens (including phenoxy) is 1. The minimum Gasteiger partial charge on any atom is -0.744 e. The Morgan fingerprint density at radius 1 is 0.765 bits per heavy atom. The molecule has 0 aliphatic heterocycles. The van der Waals surface area contributed by atoms with Crippen LogP contribution >= 0.6 is 7.26 Å². The van der Waals surface area contributed by atoms with Crippen molar-refractivity contribution in [3.63, 3.8) is 0 Å². The Bertz CT molecular complexity index is 1280. The van der Waals surface area contributed by atoms with Crippen LogP contribution in [0.25, 0.3) is 0 Å². The quantitative estimate of drug-likeness (QED) is 0.332. The third kappa shape index (κ3) is 5.84. The van der Waals surface area contributed by atoms with Gasteiger partial charge in [-0.15, -0.1) is 0 Å². The molecular weight excluding hydrogens is 467 g/mol. The SMILES string of the molecule is COc1ccc([P+](C)(c2ccccc2)c2ccccc2)cc1.Cc1ccc(S(=O)(=O)[O-])cc1O. The molecule has 0 spiro atoms. The molecule has 4 aromatic carbocycles. The van der Waals surface area contributed by atoms with E-state index in [2.05, 4.69) is 91.6 Å². The molecule has 0 aromatic heterocycles. The summed E-state index contributed by atoms with van der Waals surface area (Å²) in [6.07, 6.45) is 0. The molecule has 0 amide bonds. The predicted molar refractivity (Wildman–Crippen MR) is 138 cm³/mol. The number of phenolic OH excluding ortho intramolecular Hbond substituents is 1. The maximum absolute atomic E-state index is 10.4. The molecule has 0 saturated carbocycles. The maximum atomic E-state index is 10.4. The number of hydrogen-bond donors (Lipinski definition) is 1. The zero-order valence-electron chi connectivity index (χ0n) is 19.3. The molecule has 4 rings (SSSR count). The second-order valence-corrected chi connectivity index (χ2v) is 12.7. The van der Waals surface area contributed by atoms with E-state index in [1.165, 1.54) is 22.0 Å². The van der Waals surface area contributed by atoms with Gasteiger partial charge < -0.3 is 14.4 Å². The summed E-state index contributed by atoms with van der Waals surface area (Å²) >= 11 is 0. The number of methoxy groups -OCH3 is 1. The van der Waals surface area contributed by atoms with Gasteiger partial charge in [0.15, 0.2) is 0 Å². The van der Waals surface area contributed by atoms with Gasteiger partial charge in [0.05, 0.1) is 18.7 Å². The van der Waals surface area contributed by atoms with E-state index in [0.29, 0.717) is 5.56 Å². The Morgan fingerprint density at radius 2 is 1.24 bits per heavy atom. The van der Waals surface area contributed by atoms with Crippen LogP contribution in [0.1, 0.15) is 5.56 Å². The van der Waals surface area contributed by atoms with Crippen LogP contribution in [-0.2, 0) is 10.1 Å². The number of rotatable bonds is 5. The molecule has 0 aliphatic rings. The maximum Gasteiger partial charge on any atom is 0.124 e. The van der Waals surface area contributed by atoms with Crippen LogP contribution < -0.4 is 20.7 Å². The van der Waals surface area contributed by atoms with Crippen LogP contribution in [0.4, 0.5) is 0 Å². The summed E-state index contributed by atoms with van der Waals surface area (Å²) in [5.74, 6) is 0.711. The van der Waals surface area contributed by atoms with E-state index in [-0.39, 0.29) is 5.75 Å². The number of benzene rings is 4. The van der Waals surface area contributed by atoms with Crippen molar-refractivity contribution in [1.82, 2.24) is 0 Å². The monoisotopic (exact) mass is 494 g/mol. The van der Waals surface area contributed by atoms with Gasteiger partial charge in [-0.3, -0.25) is 0 Å². The van der Waals surface area contributed by atoms with Gasteiger partial charge in [0.2, 0.25) is 0 Å². The molecule has 0 atom stereocenters. The molecule has 1 N–H and O–H groups in total. The summed E-state index contributed by atoms with van der Waals surface area (Å²) in [5, 5.41) is 13.2. The van der Waals surface area contributed by atoms with Gasteiger partial charge in [-0.2, -0.15) is 0 Å². The standard InChI is InChI=1S/C20H20OP.C7H8O4S/c1-21-17-13-15-20(16-14-17)22(2,18-9-5-3-6-10-18)19-11-7-4-8-12-19;1-5-2-3-6(4-7(5)8)12(9,10)11/h3-16H,1-2H3;2-4,8H,1H3,(H,9,10,11)/q+1;/p-1. The molecule has 0 bridgehead atoms.